The van der Waals surface area contributed by atoms with Crippen molar-refractivity contribution in [3.8, 4) is 5.69 Å². The molecule has 1 aliphatic heterocycles. The lowest BCUT2D eigenvalue weighted by Gasteiger charge is -2.19. The van der Waals surface area contributed by atoms with E-state index in [0.717, 1.165) is 11.4 Å². The number of carbonyl (C=O) groups is 2. The molecule has 102 valence electrons. The van der Waals surface area contributed by atoms with Gasteiger partial charge in [-0.05, 0) is 24.3 Å². The van der Waals surface area contributed by atoms with E-state index in [-0.39, 0.29) is 12.5 Å². The van der Waals surface area contributed by atoms with Gasteiger partial charge in [0, 0.05) is 11.9 Å². The van der Waals surface area contributed by atoms with Gasteiger partial charge >= 0.3 is 5.97 Å². The average Bonchev–Trinajstić information content (AvgIpc) is 2.90. The summed E-state index contributed by atoms with van der Waals surface area (Å²) in [6, 6.07) is 11.3. The number of para-hydroxylation sites is 1. The molecule has 1 aromatic carbocycles. The maximum absolute atomic E-state index is 12.6. The summed E-state index contributed by atoms with van der Waals surface area (Å²) in [6.07, 6.45) is 1.92. The quantitative estimate of drug-likeness (QED) is 0.779. The van der Waals surface area contributed by atoms with Crippen molar-refractivity contribution >= 4 is 11.9 Å². The highest BCUT2D eigenvalue weighted by Crippen LogP contribution is 2.24. The molecule has 0 saturated carbocycles. The van der Waals surface area contributed by atoms with Crippen molar-refractivity contribution < 1.29 is 14.3 Å². The van der Waals surface area contributed by atoms with Gasteiger partial charge in [-0.3, -0.25) is 9.59 Å². The summed E-state index contributed by atoms with van der Waals surface area (Å²) in [5.41, 5.74) is 2.39. The van der Waals surface area contributed by atoms with Crippen LogP contribution in [0, 0.1) is 0 Å². The summed E-state index contributed by atoms with van der Waals surface area (Å²) in [6.45, 7) is 0.338. The van der Waals surface area contributed by atoms with Gasteiger partial charge in [0.2, 0.25) is 0 Å². The molecule has 3 rings (SSSR count). The molecule has 0 N–H and O–H groups in total. The fourth-order valence-electron chi connectivity index (χ4n) is 2.43. The summed E-state index contributed by atoms with van der Waals surface area (Å²) in [5, 5.41) is 0. The standard InChI is InChI=1S/C15H14N2O3/c1-20-14(18)10-16-9-11-5-4-8-17(11)13-7-3-2-6-12(13)15(16)19/h2-8H,9-10H2,1H3. The number of ether oxygens (including phenoxy) is 1. The Morgan fingerprint density at radius 2 is 2.05 bits per heavy atom. The first-order valence-corrected chi connectivity index (χ1v) is 6.32. The molecule has 1 aliphatic rings. The third-order valence-electron chi connectivity index (χ3n) is 3.41. The highest BCUT2D eigenvalue weighted by atomic mass is 16.5. The highest BCUT2D eigenvalue weighted by molar-refractivity contribution is 5.99. The first kappa shape index (κ1) is 12.5. The van der Waals surface area contributed by atoms with E-state index < -0.39 is 5.97 Å². The number of benzene rings is 1. The van der Waals surface area contributed by atoms with Crippen molar-refractivity contribution in [2.24, 2.45) is 0 Å². The van der Waals surface area contributed by atoms with Crippen molar-refractivity contribution in [2.75, 3.05) is 13.7 Å². The maximum Gasteiger partial charge on any atom is 0.325 e. The fraction of sp³-hybridized carbons (Fsp3) is 0.200. The van der Waals surface area contributed by atoms with Gasteiger partial charge < -0.3 is 14.2 Å². The number of fused-ring (bicyclic) bond motifs is 3. The van der Waals surface area contributed by atoms with Crippen LogP contribution in [-0.4, -0.2) is 35.0 Å². The summed E-state index contributed by atoms with van der Waals surface area (Å²) in [4.78, 5) is 25.5. The predicted molar refractivity (Wildman–Crippen MR) is 72.5 cm³/mol. The first-order valence-electron chi connectivity index (χ1n) is 6.32. The molecule has 2 heterocycles. The normalized spacial score (nSPS) is 13.4. The van der Waals surface area contributed by atoms with Crippen LogP contribution in [0.3, 0.4) is 0 Å². The zero-order valence-corrected chi connectivity index (χ0v) is 11.1. The van der Waals surface area contributed by atoms with E-state index >= 15 is 0 Å². The van der Waals surface area contributed by atoms with Crippen LogP contribution in [0.1, 0.15) is 16.1 Å². The van der Waals surface area contributed by atoms with Gasteiger partial charge in [-0.1, -0.05) is 12.1 Å². The Bertz CT molecular complexity index is 675. The van der Waals surface area contributed by atoms with Crippen molar-refractivity contribution in [1.29, 1.82) is 0 Å². The fourth-order valence-corrected chi connectivity index (χ4v) is 2.43. The molecule has 0 radical (unpaired) electrons. The molecular formula is C15H14N2O3. The van der Waals surface area contributed by atoms with E-state index in [1.807, 2.05) is 41.1 Å². The smallest absolute Gasteiger partial charge is 0.325 e. The molecule has 1 amide bonds. The third-order valence-corrected chi connectivity index (χ3v) is 3.41. The van der Waals surface area contributed by atoms with Crippen LogP contribution < -0.4 is 0 Å². The van der Waals surface area contributed by atoms with Crippen molar-refractivity contribution in [3.63, 3.8) is 0 Å². The number of esters is 1. The SMILES string of the molecule is COC(=O)CN1Cc2cccn2-c2ccccc2C1=O. The molecule has 0 spiro atoms. The van der Waals surface area contributed by atoms with E-state index in [1.165, 1.54) is 12.0 Å². The Balaban J connectivity index is 2.08. The van der Waals surface area contributed by atoms with Gasteiger partial charge in [-0.2, -0.15) is 0 Å². The number of rotatable bonds is 2. The topological polar surface area (TPSA) is 51.5 Å². The Morgan fingerprint density at radius 3 is 2.85 bits per heavy atom. The number of aromatic nitrogens is 1. The summed E-state index contributed by atoms with van der Waals surface area (Å²) >= 11 is 0. The van der Waals surface area contributed by atoms with Crippen LogP contribution in [0.25, 0.3) is 5.69 Å². The Morgan fingerprint density at radius 1 is 1.25 bits per heavy atom. The molecule has 1 aromatic heterocycles. The molecule has 5 heteroatoms. The highest BCUT2D eigenvalue weighted by Gasteiger charge is 2.26. The number of amides is 1. The van der Waals surface area contributed by atoms with E-state index in [2.05, 4.69) is 4.74 Å². The van der Waals surface area contributed by atoms with Crippen molar-refractivity contribution in [1.82, 2.24) is 9.47 Å². The number of nitrogens with zero attached hydrogens (tertiary/aromatic N) is 2. The van der Waals surface area contributed by atoms with Crippen molar-refractivity contribution in [2.45, 2.75) is 6.54 Å². The molecule has 0 saturated heterocycles. The van der Waals surface area contributed by atoms with Gasteiger partial charge in [-0.25, -0.2) is 0 Å². The van der Waals surface area contributed by atoms with Crippen LogP contribution in [0.5, 0.6) is 0 Å². The number of carbonyl (C=O) groups excluding carboxylic acids is 2. The van der Waals surface area contributed by atoms with Crippen LogP contribution >= 0.6 is 0 Å². The number of hydrogen-bond donors (Lipinski definition) is 0. The number of methoxy groups -OCH3 is 1. The van der Waals surface area contributed by atoms with Crippen LogP contribution in [-0.2, 0) is 16.1 Å². The second kappa shape index (κ2) is 4.85. The van der Waals surface area contributed by atoms with Gasteiger partial charge in [0.05, 0.1) is 24.9 Å². The summed E-state index contributed by atoms with van der Waals surface area (Å²) in [7, 11) is 1.32. The van der Waals surface area contributed by atoms with E-state index in [1.54, 1.807) is 6.07 Å². The minimum absolute atomic E-state index is 0.0468. The predicted octanol–water partition coefficient (Wildman–Crippen LogP) is 1.61. The summed E-state index contributed by atoms with van der Waals surface area (Å²) < 4.78 is 6.64. The van der Waals surface area contributed by atoms with Crippen LogP contribution in [0.4, 0.5) is 0 Å². The van der Waals surface area contributed by atoms with Crippen LogP contribution in [0.2, 0.25) is 0 Å². The lowest BCUT2D eigenvalue weighted by molar-refractivity contribution is -0.141. The van der Waals surface area contributed by atoms with E-state index in [9.17, 15) is 9.59 Å². The Hall–Kier alpha value is -2.56. The maximum atomic E-state index is 12.6. The Labute approximate surface area is 116 Å². The minimum Gasteiger partial charge on any atom is -0.468 e. The lowest BCUT2D eigenvalue weighted by atomic mass is 10.1. The Kier molecular flexibility index (Phi) is 3.02. The van der Waals surface area contributed by atoms with Gasteiger partial charge in [0.25, 0.3) is 5.91 Å². The molecule has 0 aliphatic carbocycles. The molecule has 2 aromatic rings. The first-order chi connectivity index (χ1) is 9.70. The van der Waals surface area contributed by atoms with E-state index in [4.69, 9.17) is 0 Å². The number of hydrogen-bond acceptors (Lipinski definition) is 3. The lowest BCUT2D eigenvalue weighted by Crippen LogP contribution is -2.35. The zero-order chi connectivity index (χ0) is 14.1. The minimum atomic E-state index is -0.421. The molecule has 0 fully saturated rings. The third kappa shape index (κ3) is 1.97. The van der Waals surface area contributed by atoms with Crippen molar-refractivity contribution in [3.05, 3.63) is 53.9 Å². The average molecular weight is 270 g/mol. The van der Waals surface area contributed by atoms with Gasteiger partial charge in [-0.15, -0.1) is 0 Å². The monoisotopic (exact) mass is 270 g/mol. The van der Waals surface area contributed by atoms with E-state index in [0.29, 0.717) is 12.1 Å². The largest absolute Gasteiger partial charge is 0.468 e. The second-order valence-electron chi connectivity index (χ2n) is 4.62. The van der Waals surface area contributed by atoms with Gasteiger partial charge in [0.15, 0.2) is 0 Å². The second-order valence-corrected chi connectivity index (χ2v) is 4.62. The molecule has 5 nitrogen and oxygen atoms in total. The molecule has 0 unspecified atom stereocenters. The molecular weight excluding hydrogens is 256 g/mol. The van der Waals surface area contributed by atoms with Gasteiger partial charge in [0.1, 0.15) is 6.54 Å². The summed E-state index contributed by atoms with van der Waals surface area (Å²) in [5.74, 6) is -0.578. The van der Waals surface area contributed by atoms with Crippen LogP contribution in [0.15, 0.2) is 42.6 Å². The molecule has 0 bridgehead atoms. The zero-order valence-electron chi connectivity index (χ0n) is 11.1. The molecule has 20 heavy (non-hydrogen) atoms. The molecule has 0 atom stereocenters.